The van der Waals surface area contributed by atoms with Crippen molar-refractivity contribution < 1.29 is 33.3 Å². The molecule has 4 rings (SSSR count). The van der Waals surface area contributed by atoms with Gasteiger partial charge in [-0.05, 0) is 39.9 Å². The van der Waals surface area contributed by atoms with Crippen LogP contribution in [0.15, 0.2) is 60.7 Å². The molecule has 0 unspecified atom stereocenters. The van der Waals surface area contributed by atoms with Crippen LogP contribution in [0.1, 0.15) is 22.6 Å². The number of phenols is 1. The molecular formula is C24H19F2NO5. The van der Waals surface area contributed by atoms with Crippen molar-refractivity contribution in [1.29, 1.82) is 0 Å². The predicted octanol–water partition coefficient (Wildman–Crippen LogP) is 4.20. The summed E-state index contributed by atoms with van der Waals surface area (Å²) in [5.41, 5.74) is 4.08. The molecular weight excluding hydrogens is 420 g/mol. The van der Waals surface area contributed by atoms with Crippen LogP contribution in [0, 0.1) is 11.6 Å². The number of ether oxygens (including phenoxy) is 1. The highest BCUT2D eigenvalue weighted by Gasteiger charge is 2.30. The van der Waals surface area contributed by atoms with Gasteiger partial charge in [-0.15, -0.1) is 0 Å². The number of aliphatic carboxylic acids is 1. The van der Waals surface area contributed by atoms with Gasteiger partial charge in [0.05, 0.1) is 0 Å². The zero-order valence-electron chi connectivity index (χ0n) is 16.7. The maximum absolute atomic E-state index is 13.5. The maximum atomic E-state index is 13.5. The number of carbonyl (C=O) groups excluding carboxylic acids is 1. The van der Waals surface area contributed by atoms with Gasteiger partial charge in [0.25, 0.3) is 0 Å². The number of alkyl carbamates (subject to hydrolysis) is 1. The Morgan fingerprint density at radius 2 is 1.50 bits per heavy atom. The van der Waals surface area contributed by atoms with Gasteiger partial charge in [0.15, 0.2) is 17.4 Å². The summed E-state index contributed by atoms with van der Waals surface area (Å²) in [6.07, 6.45) is -1.35. The number of hydrogen-bond donors (Lipinski definition) is 3. The minimum Gasteiger partial charge on any atom is -0.503 e. The Labute approximate surface area is 182 Å². The molecule has 1 aliphatic carbocycles. The molecule has 1 amide bonds. The summed E-state index contributed by atoms with van der Waals surface area (Å²) in [5, 5.41) is 20.8. The normalized spacial score (nSPS) is 13.2. The predicted molar refractivity (Wildman–Crippen MR) is 111 cm³/mol. The summed E-state index contributed by atoms with van der Waals surface area (Å²) >= 11 is 0. The fourth-order valence-electron chi connectivity index (χ4n) is 3.95. The Hall–Kier alpha value is -3.94. The third-order valence-corrected chi connectivity index (χ3v) is 5.45. The number of nitrogens with one attached hydrogen (secondary N) is 1. The first-order valence-electron chi connectivity index (χ1n) is 9.86. The molecule has 0 aromatic heterocycles. The lowest BCUT2D eigenvalue weighted by Gasteiger charge is -2.17. The van der Waals surface area contributed by atoms with Crippen molar-refractivity contribution in [2.75, 3.05) is 6.61 Å². The molecule has 0 aliphatic heterocycles. The summed E-state index contributed by atoms with van der Waals surface area (Å²) in [4.78, 5) is 23.9. The van der Waals surface area contributed by atoms with E-state index in [4.69, 9.17) is 4.74 Å². The Balaban J connectivity index is 1.44. The van der Waals surface area contributed by atoms with E-state index in [9.17, 15) is 28.6 Å². The number of benzene rings is 3. The van der Waals surface area contributed by atoms with Crippen molar-refractivity contribution in [1.82, 2.24) is 5.32 Å². The first-order valence-corrected chi connectivity index (χ1v) is 9.86. The summed E-state index contributed by atoms with van der Waals surface area (Å²) < 4.78 is 32.4. The van der Waals surface area contributed by atoms with Crippen LogP contribution >= 0.6 is 0 Å². The lowest BCUT2D eigenvalue weighted by atomic mass is 9.98. The highest BCUT2D eigenvalue weighted by molar-refractivity contribution is 5.81. The number of halogens is 2. The van der Waals surface area contributed by atoms with Gasteiger partial charge in [-0.2, -0.15) is 0 Å². The highest BCUT2D eigenvalue weighted by Crippen LogP contribution is 2.44. The van der Waals surface area contributed by atoms with Gasteiger partial charge in [0.1, 0.15) is 12.6 Å². The quantitative estimate of drug-likeness (QED) is 0.535. The fourth-order valence-corrected chi connectivity index (χ4v) is 3.95. The monoisotopic (exact) mass is 439 g/mol. The van der Waals surface area contributed by atoms with E-state index in [1.165, 1.54) is 0 Å². The van der Waals surface area contributed by atoms with Crippen LogP contribution in [0.3, 0.4) is 0 Å². The zero-order chi connectivity index (χ0) is 22.8. The molecule has 164 valence electrons. The molecule has 3 aromatic carbocycles. The Morgan fingerprint density at radius 1 is 0.969 bits per heavy atom. The number of carboxylic acids is 1. The Kier molecular flexibility index (Phi) is 5.77. The van der Waals surface area contributed by atoms with Gasteiger partial charge < -0.3 is 20.3 Å². The van der Waals surface area contributed by atoms with E-state index in [0.717, 1.165) is 34.4 Å². The molecule has 3 aromatic rings. The van der Waals surface area contributed by atoms with Gasteiger partial charge >= 0.3 is 12.1 Å². The molecule has 0 spiro atoms. The molecule has 0 bridgehead atoms. The minimum absolute atomic E-state index is 0.00529. The lowest BCUT2D eigenvalue weighted by molar-refractivity contribution is -0.139. The molecule has 0 radical (unpaired) electrons. The molecule has 3 N–H and O–H groups in total. The van der Waals surface area contributed by atoms with Crippen molar-refractivity contribution in [3.8, 4) is 16.9 Å². The van der Waals surface area contributed by atoms with Crippen LogP contribution in [-0.2, 0) is 16.0 Å². The van der Waals surface area contributed by atoms with E-state index >= 15 is 0 Å². The van der Waals surface area contributed by atoms with Crippen LogP contribution in [-0.4, -0.2) is 34.9 Å². The molecule has 0 saturated carbocycles. The van der Waals surface area contributed by atoms with E-state index in [1.54, 1.807) is 0 Å². The third-order valence-electron chi connectivity index (χ3n) is 5.45. The van der Waals surface area contributed by atoms with Gasteiger partial charge in [-0.25, -0.2) is 18.4 Å². The second kappa shape index (κ2) is 8.66. The molecule has 32 heavy (non-hydrogen) atoms. The van der Waals surface area contributed by atoms with Crippen LogP contribution in [0.5, 0.6) is 5.75 Å². The van der Waals surface area contributed by atoms with Crippen molar-refractivity contribution in [3.05, 3.63) is 89.0 Å². The standard InChI is InChI=1S/C24H19F2NO5/c25-19-9-13(10-20(26)22(19)28)11-21(23(29)30)27-24(31)32-12-18-16-7-3-1-5-14(16)15-6-2-4-8-17(15)18/h1-10,18,21,28H,11-12H2,(H,27,31)(H,29,30)/t21-/m0/s1. The third kappa shape index (κ3) is 4.12. The van der Waals surface area contributed by atoms with Crippen LogP contribution in [0.4, 0.5) is 13.6 Å². The zero-order valence-corrected chi connectivity index (χ0v) is 16.7. The van der Waals surface area contributed by atoms with Gasteiger partial charge in [-0.1, -0.05) is 48.5 Å². The smallest absolute Gasteiger partial charge is 0.407 e. The second-order valence-electron chi connectivity index (χ2n) is 7.47. The fraction of sp³-hybridized carbons (Fsp3) is 0.167. The van der Waals surface area contributed by atoms with Gasteiger partial charge in [0.2, 0.25) is 0 Å². The van der Waals surface area contributed by atoms with Crippen LogP contribution < -0.4 is 5.32 Å². The Morgan fingerprint density at radius 3 is 2.03 bits per heavy atom. The first-order chi connectivity index (χ1) is 15.3. The summed E-state index contributed by atoms with van der Waals surface area (Å²) in [5.74, 6) is -5.18. The molecule has 0 saturated heterocycles. The highest BCUT2D eigenvalue weighted by atomic mass is 19.1. The van der Waals surface area contributed by atoms with Crippen LogP contribution in [0.2, 0.25) is 0 Å². The number of aromatic hydroxyl groups is 1. The largest absolute Gasteiger partial charge is 0.503 e. The van der Waals surface area contributed by atoms with Crippen LogP contribution in [0.25, 0.3) is 11.1 Å². The van der Waals surface area contributed by atoms with E-state index in [1.807, 2.05) is 48.5 Å². The summed E-state index contributed by atoms with van der Waals surface area (Å²) in [6.45, 7) is -0.00529. The maximum Gasteiger partial charge on any atom is 0.407 e. The number of fused-ring (bicyclic) bond motifs is 3. The van der Waals surface area contributed by atoms with Gasteiger partial charge in [0, 0.05) is 12.3 Å². The van der Waals surface area contributed by atoms with Crippen molar-refractivity contribution in [2.45, 2.75) is 18.4 Å². The van der Waals surface area contributed by atoms with Crippen molar-refractivity contribution in [3.63, 3.8) is 0 Å². The number of phenolic OH excluding ortho intramolecular Hbond substituents is 1. The Bertz CT molecular complexity index is 1130. The number of amides is 1. The SMILES string of the molecule is O=C(N[C@@H](Cc1cc(F)c(O)c(F)c1)C(=O)O)OCC1c2ccccc2-c2ccccc21. The number of hydrogen-bond acceptors (Lipinski definition) is 4. The van der Waals surface area contributed by atoms with Crippen molar-refractivity contribution in [2.24, 2.45) is 0 Å². The molecule has 0 fully saturated rings. The number of carbonyl (C=O) groups is 2. The second-order valence-corrected chi connectivity index (χ2v) is 7.47. The lowest BCUT2D eigenvalue weighted by Crippen LogP contribution is -2.43. The molecule has 6 nitrogen and oxygen atoms in total. The first kappa shape index (κ1) is 21.3. The number of rotatable bonds is 6. The molecule has 0 heterocycles. The van der Waals surface area contributed by atoms with E-state index in [0.29, 0.717) is 0 Å². The summed E-state index contributed by atoms with van der Waals surface area (Å²) in [7, 11) is 0. The van der Waals surface area contributed by atoms with Gasteiger partial charge in [-0.3, -0.25) is 0 Å². The molecule has 1 aliphatic rings. The average molecular weight is 439 g/mol. The summed E-state index contributed by atoms with van der Waals surface area (Å²) in [6, 6.07) is 15.7. The van der Waals surface area contributed by atoms with Crippen molar-refractivity contribution >= 4 is 12.1 Å². The molecule has 8 heteroatoms. The molecule has 1 atom stereocenters. The van der Waals surface area contributed by atoms with E-state index in [2.05, 4.69) is 5.32 Å². The topological polar surface area (TPSA) is 95.9 Å². The number of carboxylic acid groups (broad SMARTS) is 1. The van der Waals surface area contributed by atoms with E-state index < -0.39 is 41.9 Å². The average Bonchev–Trinajstić information content (AvgIpc) is 3.09. The van der Waals surface area contributed by atoms with E-state index in [-0.39, 0.29) is 18.1 Å². The minimum atomic E-state index is -1.48.